The molecular formula is C17H10F4N2O2S. The third kappa shape index (κ3) is 3.44. The molecule has 0 aliphatic heterocycles. The van der Waals surface area contributed by atoms with Gasteiger partial charge in [0.15, 0.2) is 4.90 Å². The smallest absolute Gasteiger partial charge is 0.243 e. The first-order valence-corrected chi connectivity index (χ1v) is 8.65. The van der Waals surface area contributed by atoms with Gasteiger partial charge < -0.3 is 0 Å². The maximum Gasteiger partial charge on any atom is 0.243 e. The summed E-state index contributed by atoms with van der Waals surface area (Å²) in [4.78, 5) is 2.73. The fraction of sp³-hybridized carbons (Fsp3) is 0. The molecule has 0 bridgehead atoms. The van der Waals surface area contributed by atoms with Crippen LogP contribution in [0.4, 0.5) is 17.6 Å². The van der Waals surface area contributed by atoms with Crippen molar-refractivity contribution in [1.82, 2.24) is 4.98 Å². The predicted octanol–water partition coefficient (Wildman–Crippen LogP) is 3.62. The van der Waals surface area contributed by atoms with E-state index in [9.17, 15) is 26.0 Å². The van der Waals surface area contributed by atoms with Crippen LogP contribution in [0.3, 0.4) is 0 Å². The van der Waals surface area contributed by atoms with E-state index >= 15 is 0 Å². The Balaban J connectivity index is 2.24. The zero-order valence-electron chi connectivity index (χ0n) is 12.9. The lowest BCUT2D eigenvalue weighted by Crippen LogP contribution is -2.16. The van der Waals surface area contributed by atoms with Crippen molar-refractivity contribution < 1.29 is 26.0 Å². The molecule has 0 unspecified atom stereocenters. The minimum atomic E-state index is -4.61. The maximum absolute atomic E-state index is 14.1. The molecule has 134 valence electrons. The third-order valence-corrected chi connectivity index (χ3v) is 4.50. The summed E-state index contributed by atoms with van der Waals surface area (Å²) in [5, 5.41) is 4.79. The number of hydrogen-bond acceptors (Lipinski definition) is 3. The van der Waals surface area contributed by atoms with Crippen LogP contribution in [0.2, 0.25) is 0 Å². The van der Waals surface area contributed by atoms with Crippen LogP contribution in [0.5, 0.6) is 0 Å². The van der Waals surface area contributed by atoms with Gasteiger partial charge in [0.2, 0.25) is 10.0 Å². The lowest BCUT2D eigenvalue weighted by Gasteiger charge is -2.11. The van der Waals surface area contributed by atoms with Crippen molar-refractivity contribution in [3.8, 4) is 22.4 Å². The van der Waals surface area contributed by atoms with Gasteiger partial charge in [0.05, 0.1) is 5.69 Å². The van der Waals surface area contributed by atoms with Crippen LogP contribution in [0.15, 0.2) is 53.6 Å². The molecular weight excluding hydrogens is 372 g/mol. The van der Waals surface area contributed by atoms with E-state index in [2.05, 4.69) is 4.98 Å². The lowest BCUT2D eigenvalue weighted by molar-refractivity contribution is 0.520. The average Bonchev–Trinajstić information content (AvgIpc) is 2.52. The molecule has 0 fully saturated rings. The SMILES string of the molecule is NS(=O)(=O)c1c(F)cc(-c2ncccc2-c2cc(F)cc(F)c2)cc1F. The average molecular weight is 382 g/mol. The molecule has 0 spiro atoms. The summed E-state index contributed by atoms with van der Waals surface area (Å²) in [6.45, 7) is 0. The highest BCUT2D eigenvalue weighted by atomic mass is 32.2. The predicted molar refractivity (Wildman–Crippen MR) is 86.3 cm³/mol. The molecule has 0 atom stereocenters. The number of nitrogens with two attached hydrogens (primary N) is 1. The Morgan fingerprint density at radius 2 is 1.42 bits per heavy atom. The van der Waals surface area contributed by atoms with Gasteiger partial charge in [-0.3, -0.25) is 4.98 Å². The first kappa shape index (κ1) is 18.0. The molecule has 3 aromatic rings. The highest BCUT2D eigenvalue weighted by Crippen LogP contribution is 2.33. The second-order valence-electron chi connectivity index (χ2n) is 5.37. The Hall–Kier alpha value is -2.78. The normalized spacial score (nSPS) is 11.6. The lowest BCUT2D eigenvalue weighted by atomic mass is 9.99. The van der Waals surface area contributed by atoms with Crippen molar-refractivity contribution in [2.24, 2.45) is 5.14 Å². The van der Waals surface area contributed by atoms with Crippen LogP contribution in [0.1, 0.15) is 0 Å². The van der Waals surface area contributed by atoms with Gasteiger partial charge in [-0.25, -0.2) is 31.1 Å². The number of primary sulfonamides is 1. The number of pyridine rings is 1. The van der Waals surface area contributed by atoms with Crippen LogP contribution in [0, 0.1) is 23.3 Å². The Morgan fingerprint density at radius 1 is 0.846 bits per heavy atom. The number of nitrogens with zero attached hydrogens (tertiary/aromatic N) is 1. The van der Waals surface area contributed by atoms with Gasteiger partial charge in [0, 0.05) is 23.4 Å². The van der Waals surface area contributed by atoms with Crippen LogP contribution in [-0.4, -0.2) is 13.4 Å². The summed E-state index contributed by atoms with van der Waals surface area (Å²) in [7, 11) is -4.61. The van der Waals surface area contributed by atoms with Crippen LogP contribution in [-0.2, 0) is 10.0 Å². The largest absolute Gasteiger partial charge is 0.256 e. The van der Waals surface area contributed by atoms with Crippen LogP contribution < -0.4 is 5.14 Å². The molecule has 0 saturated carbocycles. The number of halogens is 4. The van der Waals surface area contributed by atoms with E-state index in [0.29, 0.717) is 6.07 Å². The molecule has 0 radical (unpaired) electrons. The summed E-state index contributed by atoms with van der Waals surface area (Å²) >= 11 is 0. The Labute approximate surface area is 146 Å². The molecule has 4 nitrogen and oxygen atoms in total. The van der Waals surface area contributed by atoms with Gasteiger partial charge in [0.25, 0.3) is 0 Å². The van der Waals surface area contributed by atoms with Crippen LogP contribution in [0.25, 0.3) is 22.4 Å². The van der Waals surface area contributed by atoms with Crippen molar-refractivity contribution in [2.75, 3.05) is 0 Å². The molecule has 1 heterocycles. The van der Waals surface area contributed by atoms with Gasteiger partial charge >= 0.3 is 0 Å². The Bertz CT molecular complexity index is 1070. The Kier molecular flexibility index (Phi) is 4.51. The third-order valence-electron chi connectivity index (χ3n) is 3.54. The molecule has 0 saturated heterocycles. The van der Waals surface area contributed by atoms with Crippen molar-refractivity contribution >= 4 is 10.0 Å². The van der Waals surface area contributed by atoms with Gasteiger partial charge in [-0.2, -0.15) is 0 Å². The zero-order chi connectivity index (χ0) is 19.1. The second-order valence-corrected chi connectivity index (χ2v) is 6.87. The van der Waals surface area contributed by atoms with Gasteiger partial charge in [-0.1, -0.05) is 6.07 Å². The molecule has 0 aliphatic rings. The standard InChI is InChI=1S/C17H10F4N2O2S/c18-11-4-9(5-12(19)8-11)13-2-1-3-23-16(13)10-6-14(20)17(15(21)7-10)26(22,24)25/h1-8H,(H2,22,24,25). The minimum Gasteiger partial charge on any atom is -0.256 e. The van der Waals surface area contributed by atoms with E-state index in [-0.39, 0.29) is 22.4 Å². The molecule has 2 aromatic carbocycles. The Morgan fingerprint density at radius 3 is 1.96 bits per heavy atom. The van der Waals surface area contributed by atoms with E-state index in [1.165, 1.54) is 18.3 Å². The highest BCUT2D eigenvalue weighted by molar-refractivity contribution is 7.89. The maximum atomic E-state index is 14.1. The first-order chi connectivity index (χ1) is 12.2. The van der Waals surface area contributed by atoms with Gasteiger partial charge in [-0.15, -0.1) is 0 Å². The fourth-order valence-corrected chi connectivity index (χ4v) is 3.21. The molecule has 26 heavy (non-hydrogen) atoms. The molecule has 9 heteroatoms. The molecule has 0 aliphatic carbocycles. The first-order valence-electron chi connectivity index (χ1n) is 7.10. The van der Waals surface area contributed by atoms with Crippen LogP contribution >= 0.6 is 0 Å². The minimum absolute atomic E-state index is 0.0104. The molecule has 3 rings (SSSR count). The van der Waals surface area contributed by atoms with E-state index in [1.807, 2.05) is 0 Å². The molecule has 1 aromatic heterocycles. The second kappa shape index (κ2) is 6.50. The summed E-state index contributed by atoms with van der Waals surface area (Å²) in [5.41, 5.74) is 0.193. The van der Waals surface area contributed by atoms with Crippen molar-refractivity contribution in [2.45, 2.75) is 4.90 Å². The summed E-state index contributed by atoms with van der Waals surface area (Å²) in [6.07, 6.45) is 1.32. The highest BCUT2D eigenvalue weighted by Gasteiger charge is 2.23. The number of hydrogen-bond donors (Lipinski definition) is 1. The number of benzene rings is 2. The van der Waals surface area contributed by atoms with Gasteiger partial charge in [0.1, 0.15) is 23.3 Å². The zero-order valence-corrected chi connectivity index (χ0v) is 13.7. The van der Waals surface area contributed by atoms with Crippen molar-refractivity contribution in [3.05, 3.63) is 71.9 Å². The summed E-state index contributed by atoms with van der Waals surface area (Å²) in [6, 6.07) is 7.17. The van der Waals surface area contributed by atoms with E-state index in [0.717, 1.165) is 24.3 Å². The van der Waals surface area contributed by atoms with E-state index in [1.54, 1.807) is 0 Å². The van der Waals surface area contributed by atoms with Crippen molar-refractivity contribution in [3.63, 3.8) is 0 Å². The summed E-state index contributed by atoms with van der Waals surface area (Å²) in [5.74, 6) is -4.47. The summed E-state index contributed by atoms with van der Waals surface area (Å²) < 4.78 is 77.8. The topological polar surface area (TPSA) is 73.1 Å². The van der Waals surface area contributed by atoms with Gasteiger partial charge in [-0.05, 0) is 35.9 Å². The number of aromatic nitrogens is 1. The molecule has 2 N–H and O–H groups in total. The fourth-order valence-electron chi connectivity index (χ4n) is 2.55. The monoisotopic (exact) mass is 382 g/mol. The number of sulfonamides is 1. The van der Waals surface area contributed by atoms with E-state index < -0.39 is 38.2 Å². The van der Waals surface area contributed by atoms with E-state index in [4.69, 9.17) is 5.14 Å². The quantitative estimate of drug-likeness (QED) is 0.704. The molecule has 0 amide bonds. The number of rotatable bonds is 3. The van der Waals surface area contributed by atoms with Crippen molar-refractivity contribution in [1.29, 1.82) is 0 Å².